The zero-order valence-electron chi connectivity index (χ0n) is 6.84. The predicted octanol–water partition coefficient (Wildman–Crippen LogP) is 1.44. The van der Waals surface area contributed by atoms with Crippen LogP contribution in [0.4, 0.5) is 0 Å². The molecule has 13 heavy (non-hydrogen) atoms. The Kier molecular flexibility index (Phi) is 2.64. The van der Waals surface area contributed by atoms with E-state index < -0.39 is 10.0 Å². The zero-order chi connectivity index (χ0) is 9.31. The Morgan fingerprint density at radius 1 is 1.46 bits per heavy atom. The first-order chi connectivity index (χ1) is 6.21. The van der Waals surface area contributed by atoms with Gasteiger partial charge < -0.3 is 0 Å². The molecule has 6 heteroatoms. The summed E-state index contributed by atoms with van der Waals surface area (Å²) in [4.78, 5) is 0. The summed E-state index contributed by atoms with van der Waals surface area (Å²) >= 11 is 2.94. The van der Waals surface area contributed by atoms with Crippen molar-refractivity contribution < 1.29 is 8.42 Å². The molecule has 72 valence electrons. The van der Waals surface area contributed by atoms with E-state index in [1.807, 2.05) is 0 Å². The van der Waals surface area contributed by atoms with E-state index in [0.717, 1.165) is 5.75 Å². The molecular weight excluding hydrogens is 226 g/mol. The fourth-order valence-corrected chi connectivity index (χ4v) is 5.08. The van der Waals surface area contributed by atoms with Gasteiger partial charge in [0.2, 0.25) is 0 Å². The van der Waals surface area contributed by atoms with Crippen LogP contribution < -0.4 is 0 Å². The summed E-state index contributed by atoms with van der Waals surface area (Å²) in [5, 5.41) is 1.79. The first-order valence-corrected chi connectivity index (χ1v) is 7.30. The topological polar surface area (TPSA) is 37.4 Å². The van der Waals surface area contributed by atoms with Gasteiger partial charge in [0.05, 0.1) is 5.88 Å². The predicted molar refractivity (Wildman–Crippen MR) is 55.5 cm³/mol. The molecule has 0 atom stereocenters. The summed E-state index contributed by atoms with van der Waals surface area (Å²) in [7, 11) is -3.16. The van der Waals surface area contributed by atoms with Crippen molar-refractivity contribution in [2.75, 3.05) is 18.2 Å². The Bertz CT molecular complexity index is 364. The van der Waals surface area contributed by atoms with Gasteiger partial charge in [0.1, 0.15) is 4.21 Å². The first kappa shape index (κ1) is 9.51. The third kappa shape index (κ3) is 1.76. The summed E-state index contributed by atoms with van der Waals surface area (Å²) in [6.07, 6.45) is 0. The number of sulfonamides is 1. The molecule has 2 rings (SSSR count). The molecular formula is C7H9NO2S3. The molecule has 0 spiro atoms. The van der Waals surface area contributed by atoms with E-state index in [-0.39, 0.29) is 0 Å². The van der Waals surface area contributed by atoms with Crippen LogP contribution >= 0.6 is 23.1 Å². The average molecular weight is 235 g/mol. The van der Waals surface area contributed by atoms with E-state index in [2.05, 4.69) is 0 Å². The molecule has 1 aromatic rings. The summed E-state index contributed by atoms with van der Waals surface area (Å²) in [6.45, 7) is 0.644. The highest BCUT2D eigenvalue weighted by molar-refractivity contribution is 8.00. The highest BCUT2D eigenvalue weighted by Gasteiger charge is 2.27. The second kappa shape index (κ2) is 3.61. The van der Waals surface area contributed by atoms with Gasteiger partial charge in [-0.05, 0) is 11.4 Å². The number of thioether (sulfide) groups is 1. The summed E-state index contributed by atoms with van der Waals surface area (Å²) in [5.41, 5.74) is 0. The van der Waals surface area contributed by atoms with Crippen LogP contribution in [-0.2, 0) is 10.0 Å². The van der Waals surface area contributed by atoms with E-state index in [0.29, 0.717) is 16.6 Å². The maximum Gasteiger partial charge on any atom is 0.253 e. The van der Waals surface area contributed by atoms with E-state index >= 15 is 0 Å². The van der Waals surface area contributed by atoms with Gasteiger partial charge in [-0.3, -0.25) is 0 Å². The van der Waals surface area contributed by atoms with Crippen LogP contribution in [0.3, 0.4) is 0 Å². The number of thiophene rings is 1. The molecule has 2 heterocycles. The quantitative estimate of drug-likeness (QED) is 0.778. The van der Waals surface area contributed by atoms with Crippen molar-refractivity contribution in [3.8, 4) is 0 Å². The number of rotatable bonds is 2. The third-order valence-corrected chi connectivity index (χ3v) is 6.16. The molecule has 0 radical (unpaired) electrons. The summed E-state index contributed by atoms with van der Waals surface area (Å²) in [5.74, 6) is 1.50. The van der Waals surface area contributed by atoms with Crippen molar-refractivity contribution in [2.45, 2.75) is 4.21 Å². The standard InChI is InChI=1S/C7H9NO2S3/c9-13(10,7-2-1-4-12-7)8-3-5-11-6-8/h1-2,4H,3,5-6H2. The van der Waals surface area contributed by atoms with E-state index in [9.17, 15) is 8.42 Å². The molecule has 0 saturated carbocycles. The molecule has 1 fully saturated rings. The fraction of sp³-hybridized carbons (Fsp3) is 0.429. The average Bonchev–Trinajstić information content (AvgIpc) is 2.78. The first-order valence-electron chi connectivity index (χ1n) is 3.83. The number of nitrogens with zero attached hydrogens (tertiary/aromatic N) is 1. The molecule has 1 aliphatic rings. The van der Waals surface area contributed by atoms with Crippen LogP contribution in [0.1, 0.15) is 0 Å². The summed E-state index contributed by atoms with van der Waals surface area (Å²) in [6, 6.07) is 3.42. The molecule has 0 N–H and O–H groups in total. The molecule has 0 amide bonds. The Morgan fingerprint density at radius 2 is 2.31 bits per heavy atom. The molecule has 3 nitrogen and oxygen atoms in total. The molecule has 0 unspecified atom stereocenters. The van der Waals surface area contributed by atoms with Crippen molar-refractivity contribution in [2.24, 2.45) is 0 Å². The van der Waals surface area contributed by atoms with Gasteiger partial charge in [0.25, 0.3) is 10.0 Å². The highest BCUT2D eigenvalue weighted by Crippen LogP contribution is 2.25. The lowest BCUT2D eigenvalue weighted by Crippen LogP contribution is -2.27. The minimum absolute atomic E-state index is 0.454. The Labute approximate surface area is 85.8 Å². The second-order valence-electron chi connectivity index (χ2n) is 2.65. The lowest BCUT2D eigenvalue weighted by molar-refractivity contribution is 0.491. The highest BCUT2D eigenvalue weighted by atomic mass is 32.2. The Hall–Kier alpha value is -0.0400. The van der Waals surface area contributed by atoms with Crippen molar-refractivity contribution >= 4 is 33.1 Å². The van der Waals surface area contributed by atoms with Gasteiger partial charge in [0.15, 0.2) is 0 Å². The molecule has 0 aliphatic carbocycles. The maximum atomic E-state index is 11.8. The van der Waals surface area contributed by atoms with Crippen molar-refractivity contribution in [1.29, 1.82) is 0 Å². The van der Waals surface area contributed by atoms with Gasteiger partial charge in [-0.1, -0.05) is 6.07 Å². The van der Waals surface area contributed by atoms with Gasteiger partial charge in [0, 0.05) is 12.3 Å². The SMILES string of the molecule is O=S(=O)(c1cccs1)N1CCSC1. The van der Waals surface area contributed by atoms with Gasteiger partial charge >= 0.3 is 0 Å². The molecule has 0 aromatic carbocycles. The molecule has 1 aromatic heterocycles. The van der Waals surface area contributed by atoms with Gasteiger partial charge in [-0.2, -0.15) is 4.31 Å². The normalized spacial score (nSPS) is 19.4. The summed E-state index contributed by atoms with van der Waals surface area (Å²) < 4.78 is 25.6. The van der Waals surface area contributed by atoms with Gasteiger partial charge in [-0.15, -0.1) is 23.1 Å². The minimum Gasteiger partial charge on any atom is -0.206 e. The van der Waals surface area contributed by atoms with Crippen LogP contribution in [0.15, 0.2) is 21.7 Å². The Morgan fingerprint density at radius 3 is 2.85 bits per heavy atom. The molecule has 0 bridgehead atoms. The number of hydrogen-bond acceptors (Lipinski definition) is 4. The van der Waals surface area contributed by atoms with Crippen LogP contribution in [-0.4, -0.2) is 30.9 Å². The lowest BCUT2D eigenvalue weighted by Gasteiger charge is -2.12. The molecule has 1 saturated heterocycles. The largest absolute Gasteiger partial charge is 0.253 e. The van der Waals surface area contributed by atoms with Crippen molar-refractivity contribution in [3.63, 3.8) is 0 Å². The van der Waals surface area contributed by atoms with E-state index in [1.54, 1.807) is 29.3 Å². The second-order valence-corrected chi connectivity index (χ2v) is 6.84. The molecule has 1 aliphatic heterocycles. The van der Waals surface area contributed by atoms with Crippen LogP contribution in [0, 0.1) is 0 Å². The van der Waals surface area contributed by atoms with E-state index in [4.69, 9.17) is 0 Å². The van der Waals surface area contributed by atoms with Gasteiger partial charge in [-0.25, -0.2) is 8.42 Å². The Balaban J connectivity index is 2.30. The maximum absolute atomic E-state index is 11.8. The number of hydrogen-bond donors (Lipinski definition) is 0. The van der Waals surface area contributed by atoms with Crippen LogP contribution in [0.2, 0.25) is 0 Å². The fourth-order valence-electron chi connectivity index (χ4n) is 1.12. The van der Waals surface area contributed by atoms with Crippen LogP contribution in [0.5, 0.6) is 0 Å². The zero-order valence-corrected chi connectivity index (χ0v) is 9.29. The lowest BCUT2D eigenvalue weighted by atomic mass is 10.7. The monoisotopic (exact) mass is 235 g/mol. The third-order valence-electron chi connectivity index (χ3n) is 1.81. The van der Waals surface area contributed by atoms with Crippen molar-refractivity contribution in [1.82, 2.24) is 4.31 Å². The minimum atomic E-state index is -3.16. The van der Waals surface area contributed by atoms with Crippen LogP contribution in [0.25, 0.3) is 0 Å². The smallest absolute Gasteiger partial charge is 0.206 e. The van der Waals surface area contributed by atoms with Crippen molar-refractivity contribution in [3.05, 3.63) is 17.5 Å². The van der Waals surface area contributed by atoms with E-state index in [1.165, 1.54) is 15.6 Å².